The third-order valence-corrected chi connectivity index (χ3v) is 4.09. The van der Waals surface area contributed by atoms with Gasteiger partial charge < -0.3 is 5.32 Å². The van der Waals surface area contributed by atoms with Crippen molar-refractivity contribution >= 4 is 21.8 Å². The molecule has 0 unspecified atom stereocenters. The second kappa shape index (κ2) is 4.81. The van der Waals surface area contributed by atoms with Gasteiger partial charge in [0.2, 0.25) is 0 Å². The van der Waals surface area contributed by atoms with E-state index in [1.807, 2.05) is 25.1 Å². The summed E-state index contributed by atoms with van der Waals surface area (Å²) in [6.07, 6.45) is 3.66. The van der Waals surface area contributed by atoms with Crippen LogP contribution in [-0.4, -0.2) is 12.5 Å². The summed E-state index contributed by atoms with van der Waals surface area (Å²) in [5.41, 5.74) is 2.24. The van der Waals surface area contributed by atoms with E-state index >= 15 is 0 Å². The van der Waals surface area contributed by atoms with Crippen LogP contribution in [0.2, 0.25) is 0 Å². The lowest BCUT2D eigenvalue weighted by molar-refractivity contribution is 0.0944. The fourth-order valence-electron chi connectivity index (χ4n) is 2.07. The zero-order valence-corrected chi connectivity index (χ0v) is 11.9. The Bertz CT molecular complexity index is 418. The van der Waals surface area contributed by atoms with Gasteiger partial charge in [0.15, 0.2) is 0 Å². The van der Waals surface area contributed by atoms with Gasteiger partial charge in [0.25, 0.3) is 5.91 Å². The quantitative estimate of drug-likeness (QED) is 0.902. The number of nitrogens with one attached hydrogen (secondary N) is 1. The summed E-state index contributed by atoms with van der Waals surface area (Å²) >= 11 is 3.42. The van der Waals surface area contributed by atoms with Crippen LogP contribution in [0.4, 0.5) is 0 Å². The highest BCUT2D eigenvalue weighted by molar-refractivity contribution is 9.10. The predicted octanol–water partition coefficient (Wildman–Crippen LogP) is 3.68. The molecule has 3 heteroatoms. The third kappa shape index (κ3) is 3.09. The lowest BCUT2D eigenvalue weighted by Gasteiger charge is -2.13. The molecule has 1 saturated carbocycles. The second-order valence-corrected chi connectivity index (χ2v) is 5.97. The highest BCUT2D eigenvalue weighted by atomic mass is 79.9. The number of amides is 1. The molecular weight excluding hydrogens is 278 g/mol. The number of rotatable bonds is 4. The largest absolute Gasteiger partial charge is 0.351 e. The Morgan fingerprint density at radius 1 is 1.41 bits per heavy atom. The van der Waals surface area contributed by atoms with Crippen LogP contribution >= 0.6 is 15.9 Å². The van der Waals surface area contributed by atoms with Crippen molar-refractivity contribution in [3.05, 3.63) is 33.8 Å². The van der Waals surface area contributed by atoms with E-state index in [0.29, 0.717) is 5.41 Å². The van der Waals surface area contributed by atoms with Crippen molar-refractivity contribution in [1.82, 2.24) is 5.32 Å². The minimum Gasteiger partial charge on any atom is -0.351 e. The monoisotopic (exact) mass is 295 g/mol. The number of halogens is 1. The van der Waals surface area contributed by atoms with Gasteiger partial charge in [-0.3, -0.25) is 4.79 Å². The molecule has 0 spiro atoms. The normalized spacial score (nSPS) is 16.6. The number of hydrogen-bond acceptors (Lipinski definition) is 1. The first-order chi connectivity index (χ1) is 8.04. The molecule has 0 aliphatic heterocycles. The van der Waals surface area contributed by atoms with Crippen LogP contribution in [0.3, 0.4) is 0 Å². The Balaban J connectivity index is 1.99. The Morgan fingerprint density at radius 2 is 2.12 bits per heavy atom. The molecule has 1 aliphatic rings. The van der Waals surface area contributed by atoms with Gasteiger partial charge in [0, 0.05) is 16.6 Å². The van der Waals surface area contributed by atoms with E-state index in [0.717, 1.165) is 28.6 Å². The smallest absolute Gasteiger partial charge is 0.251 e. The van der Waals surface area contributed by atoms with Crippen molar-refractivity contribution in [2.45, 2.75) is 33.1 Å². The van der Waals surface area contributed by atoms with Crippen LogP contribution in [0, 0.1) is 12.3 Å². The van der Waals surface area contributed by atoms with E-state index in [9.17, 15) is 4.79 Å². The van der Waals surface area contributed by atoms with Crippen LogP contribution in [-0.2, 0) is 0 Å². The Kier molecular flexibility index (Phi) is 3.57. The summed E-state index contributed by atoms with van der Waals surface area (Å²) in [6.45, 7) is 5.01. The summed E-state index contributed by atoms with van der Waals surface area (Å²) in [5.74, 6) is 0.0362. The van der Waals surface area contributed by atoms with E-state index in [1.54, 1.807) is 0 Å². The molecule has 1 aromatic carbocycles. The number of carbonyl (C=O) groups is 1. The molecule has 0 bridgehead atoms. The number of benzene rings is 1. The standard InChI is InChI=1S/C14H18BrNO/c1-3-14(4-5-14)9-16-13(17)11-6-10(2)7-12(15)8-11/h6-8H,3-5,9H2,1-2H3,(H,16,17). The highest BCUT2D eigenvalue weighted by Crippen LogP contribution is 2.47. The molecule has 2 nitrogen and oxygen atoms in total. The summed E-state index contributed by atoms with van der Waals surface area (Å²) in [4.78, 5) is 12.0. The van der Waals surface area contributed by atoms with Crippen LogP contribution in [0.25, 0.3) is 0 Å². The Morgan fingerprint density at radius 3 is 2.65 bits per heavy atom. The summed E-state index contributed by atoms with van der Waals surface area (Å²) in [6, 6.07) is 5.80. The molecule has 0 aromatic heterocycles. The maximum atomic E-state index is 12.0. The first-order valence-corrected chi connectivity index (χ1v) is 6.89. The average molecular weight is 296 g/mol. The summed E-state index contributed by atoms with van der Waals surface area (Å²) < 4.78 is 0.958. The van der Waals surface area contributed by atoms with Crippen molar-refractivity contribution in [1.29, 1.82) is 0 Å². The maximum Gasteiger partial charge on any atom is 0.251 e. The van der Waals surface area contributed by atoms with Crippen LogP contribution in [0.5, 0.6) is 0 Å². The minimum absolute atomic E-state index is 0.0362. The SMILES string of the molecule is CCC1(CNC(=O)c2cc(C)cc(Br)c2)CC1. The van der Waals surface area contributed by atoms with Crippen molar-refractivity contribution < 1.29 is 4.79 Å². The Hall–Kier alpha value is -0.830. The van der Waals surface area contributed by atoms with Gasteiger partial charge in [0.05, 0.1) is 0 Å². The molecule has 1 fully saturated rings. The lowest BCUT2D eigenvalue weighted by atomic mass is 10.0. The lowest BCUT2D eigenvalue weighted by Crippen LogP contribution is -2.30. The minimum atomic E-state index is 0.0362. The number of carbonyl (C=O) groups excluding carboxylic acids is 1. The fraction of sp³-hybridized carbons (Fsp3) is 0.500. The second-order valence-electron chi connectivity index (χ2n) is 5.05. The highest BCUT2D eigenvalue weighted by Gasteiger charge is 2.40. The Labute approximate surface area is 111 Å². The number of hydrogen-bond donors (Lipinski definition) is 1. The van der Waals surface area contributed by atoms with E-state index in [4.69, 9.17) is 0 Å². The average Bonchev–Trinajstić information content (AvgIpc) is 3.05. The van der Waals surface area contributed by atoms with Gasteiger partial charge in [-0.2, -0.15) is 0 Å². The molecule has 1 aromatic rings. The van der Waals surface area contributed by atoms with Gasteiger partial charge in [-0.1, -0.05) is 22.9 Å². The summed E-state index contributed by atoms with van der Waals surface area (Å²) in [7, 11) is 0. The van der Waals surface area contributed by atoms with Gasteiger partial charge in [-0.15, -0.1) is 0 Å². The van der Waals surface area contributed by atoms with Gasteiger partial charge in [0.1, 0.15) is 0 Å². The van der Waals surface area contributed by atoms with Crippen molar-refractivity contribution in [3.63, 3.8) is 0 Å². The molecule has 0 atom stereocenters. The molecular formula is C14H18BrNO. The van der Waals surface area contributed by atoms with Gasteiger partial charge in [-0.25, -0.2) is 0 Å². The van der Waals surface area contributed by atoms with Crippen LogP contribution < -0.4 is 5.32 Å². The predicted molar refractivity (Wildman–Crippen MR) is 73.2 cm³/mol. The van der Waals surface area contributed by atoms with Crippen LogP contribution in [0.15, 0.2) is 22.7 Å². The fourth-order valence-corrected chi connectivity index (χ4v) is 2.68. The van der Waals surface area contributed by atoms with E-state index < -0.39 is 0 Å². The number of aryl methyl sites for hydroxylation is 1. The zero-order valence-electron chi connectivity index (χ0n) is 10.3. The molecule has 0 saturated heterocycles. The molecule has 17 heavy (non-hydrogen) atoms. The van der Waals surface area contributed by atoms with Crippen LogP contribution in [0.1, 0.15) is 42.1 Å². The summed E-state index contributed by atoms with van der Waals surface area (Å²) in [5, 5.41) is 3.05. The molecule has 0 heterocycles. The molecule has 1 N–H and O–H groups in total. The molecule has 92 valence electrons. The topological polar surface area (TPSA) is 29.1 Å². The molecule has 0 radical (unpaired) electrons. The molecule has 1 amide bonds. The molecule has 2 rings (SSSR count). The van der Waals surface area contributed by atoms with E-state index in [1.165, 1.54) is 12.8 Å². The molecule has 1 aliphatic carbocycles. The maximum absolute atomic E-state index is 12.0. The zero-order chi connectivity index (χ0) is 12.5. The van der Waals surface area contributed by atoms with E-state index in [-0.39, 0.29) is 5.91 Å². The van der Waals surface area contributed by atoms with Crippen molar-refractivity contribution in [2.75, 3.05) is 6.54 Å². The third-order valence-electron chi connectivity index (χ3n) is 3.64. The first kappa shape index (κ1) is 12.6. The van der Waals surface area contributed by atoms with Crippen molar-refractivity contribution in [2.24, 2.45) is 5.41 Å². The van der Waals surface area contributed by atoms with Crippen molar-refractivity contribution in [3.8, 4) is 0 Å². The van der Waals surface area contributed by atoms with Gasteiger partial charge >= 0.3 is 0 Å². The van der Waals surface area contributed by atoms with Gasteiger partial charge in [-0.05, 0) is 55.4 Å². The van der Waals surface area contributed by atoms with E-state index in [2.05, 4.69) is 28.2 Å². The first-order valence-electron chi connectivity index (χ1n) is 6.10.